The van der Waals surface area contributed by atoms with Crippen LogP contribution >= 0.6 is 11.6 Å². The molecular formula is C11H13ClO. The summed E-state index contributed by atoms with van der Waals surface area (Å²) in [5.74, 6) is 0.649. The highest BCUT2D eigenvalue weighted by Gasteiger charge is 2.39. The first kappa shape index (κ1) is 9.04. The molecule has 1 aliphatic rings. The smallest absolute Gasteiger partial charge is 0.0597 e. The van der Waals surface area contributed by atoms with Crippen LogP contribution in [0, 0.1) is 6.92 Å². The summed E-state index contributed by atoms with van der Waals surface area (Å²) in [6.07, 6.45) is 0. The molecule has 1 aromatic rings. The zero-order valence-corrected chi connectivity index (χ0v) is 8.47. The van der Waals surface area contributed by atoms with Crippen molar-refractivity contribution in [2.45, 2.75) is 12.3 Å². The molecule has 0 N–H and O–H groups in total. The van der Waals surface area contributed by atoms with Gasteiger partial charge in [0, 0.05) is 5.88 Å². The number of hydrogen-bond acceptors (Lipinski definition) is 1. The van der Waals surface area contributed by atoms with Crippen molar-refractivity contribution < 1.29 is 4.74 Å². The number of rotatable bonds is 2. The molecule has 0 aliphatic carbocycles. The highest BCUT2D eigenvalue weighted by Crippen LogP contribution is 2.33. The molecule has 1 saturated heterocycles. The normalized spacial score (nSPS) is 19.5. The third kappa shape index (κ3) is 1.47. The first-order valence-electron chi connectivity index (χ1n) is 4.48. The Morgan fingerprint density at radius 3 is 2.31 bits per heavy atom. The van der Waals surface area contributed by atoms with E-state index in [0.29, 0.717) is 5.88 Å². The van der Waals surface area contributed by atoms with E-state index in [4.69, 9.17) is 16.3 Å². The van der Waals surface area contributed by atoms with Crippen LogP contribution in [0.15, 0.2) is 24.3 Å². The molecule has 70 valence electrons. The lowest BCUT2D eigenvalue weighted by Gasteiger charge is -2.40. The van der Waals surface area contributed by atoms with Gasteiger partial charge in [-0.15, -0.1) is 11.6 Å². The standard InChI is InChI=1S/C11H13ClO/c1-9-2-4-10(5-3-9)11(6-12)7-13-8-11/h2-5H,6-8H2,1H3. The minimum atomic E-state index is 0.0925. The Balaban J connectivity index is 2.28. The second-order valence-electron chi connectivity index (χ2n) is 3.77. The Morgan fingerprint density at radius 1 is 1.31 bits per heavy atom. The lowest BCUT2D eigenvalue weighted by Crippen LogP contribution is -2.48. The molecule has 0 unspecified atom stereocenters. The molecule has 0 spiro atoms. The van der Waals surface area contributed by atoms with Gasteiger partial charge in [-0.1, -0.05) is 29.8 Å². The lowest BCUT2D eigenvalue weighted by molar-refractivity contribution is -0.0479. The first-order valence-corrected chi connectivity index (χ1v) is 5.01. The number of halogens is 1. The summed E-state index contributed by atoms with van der Waals surface area (Å²) in [6, 6.07) is 8.56. The van der Waals surface area contributed by atoms with Crippen LogP contribution in [-0.2, 0) is 10.2 Å². The maximum atomic E-state index is 5.95. The Bertz CT molecular complexity index is 282. The Hall–Kier alpha value is -0.530. The summed E-state index contributed by atoms with van der Waals surface area (Å²) in [5.41, 5.74) is 2.68. The predicted octanol–water partition coefficient (Wildman–Crippen LogP) is 2.50. The fourth-order valence-corrected chi connectivity index (χ4v) is 1.89. The van der Waals surface area contributed by atoms with Crippen molar-refractivity contribution in [3.05, 3.63) is 35.4 Å². The molecule has 2 heteroatoms. The van der Waals surface area contributed by atoms with Crippen LogP contribution in [-0.4, -0.2) is 19.1 Å². The predicted molar refractivity (Wildman–Crippen MR) is 54.4 cm³/mol. The second kappa shape index (κ2) is 3.32. The molecule has 0 bridgehead atoms. The van der Waals surface area contributed by atoms with Crippen LogP contribution < -0.4 is 0 Å². The molecular weight excluding hydrogens is 184 g/mol. The molecule has 13 heavy (non-hydrogen) atoms. The van der Waals surface area contributed by atoms with Gasteiger partial charge in [0.05, 0.1) is 18.6 Å². The van der Waals surface area contributed by atoms with Crippen LogP contribution in [0.4, 0.5) is 0 Å². The maximum absolute atomic E-state index is 5.95. The van der Waals surface area contributed by atoms with E-state index in [1.54, 1.807) is 0 Å². The Morgan fingerprint density at radius 2 is 1.92 bits per heavy atom. The number of ether oxygens (including phenoxy) is 1. The van der Waals surface area contributed by atoms with Crippen LogP contribution in [0.3, 0.4) is 0 Å². The number of benzene rings is 1. The summed E-state index contributed by atoms with van der Waals surface area (Å²) < 4.78 is 5.23. The van der Waals surface area contributed by atoms with E-state index in [1.165, 1.54) is 11.1 Å². The quantitative estimate of drug-likeness (QED) is 0.661. The Labute approximate surface area is 83.7 Å². The third-order valence-corrected chi connectivity index (χ3v) is 3.19. The average Bonchev–Trinajstić information content (AvgIpc) is 2.07. The van der Waals surface area contributed by atoms with Gasteiger partial charge < -0.3 is 4.74 Å². The molecule has 1 aromatic carbocycles. The number of aryl methyl sites for hydroxylation is 1. The second-order valence-corrected chi connectivity index (χ2v) is 4.04. The van der Waals surface area contributed by atoms with Gasteiger partial charge in [0.2, 0.25) is 0 Å². The van der Waals surface area contributed by atoms with E-state index in [0.717, 1.165) is 13.2 Å². The maximum Gasteiger partial charge on any atom is 0.0597 e. The number of alkyl halides is 1. The van der Waals surface area contributed by atoms with Crippen molar-refractivity contribution in [2.75, 3.05) is 19.1 Å². The van der Waals surface area contributed by atoms with Crippen LogP contribution in [0.5, 0.6) is 0 Å². The molecule has 0 saturated carbocycles. The molecule has 1 nitrogen and oxygen atoms in total. The average molecular weight is 197 g/mol. The molecule has 0 aromatic heterocycles. The summed E-state index contributed by atoms with van der Waals surface area (Å²) in [6.45, 7) is 3.62. The summed E-state index contributed by atoms with van der Waals surface area (Å²) in [7, 11) is 0. The van der Waals surface area contributed by atoms with Crippen molar-refractivity contribution in [1.29, 1.82) is 0 Å². The molecule has 1 heterocycles. The lowest BCUT2D eigenvalue weighted by atomic mass is 9.80. The fraction of sp³-hybridized carbons (Fsp3) is 0.455. The highest BCUT2D eigenvalue weighted by atomic mass is 35.5. The van der Waals surface area contributed by atoms with E-state index < -0.39 is 0 Å². The zero-order valence-electron chi connectivity index (χ0n) is 7.72. The van der Waals surface area contributed by atoms with Gasteiger partial charge in [-0.25, -0.2) is 0 Å². The fourth-order valence-electron chi connectivity index (χ4n) is 1.58. The minimum absolute atomic E-state index is 0.0925. The minimum Gasteiger partial charge on any atom is -0.379 e. The van der Waals surface area contributed by atoms with Gasteiger partial charge in [-0.2, -0.15) is 0 Å². The van der Waals surface area contributed by atoms with Crippen molar-refractivity contribution in [3.8, 4) is 0 Å². The van der Waals surface area contributed by atoms with Crippen molar-refractivity contribution in [3.63, 3.8) is 0 Å². The molecule has 2 rings (SSSR count). The molecule has 0 amide bonds. The molecule has 1 fully saturated rings. The van der Waals surface area contributed by atoms with Gasteiger partial charge >= 0.3 is 0 Å². The van der Waals surface area contributed by atoms with E-state index in [2.05, 4.69) is 31.2 Å². The SMILES string of the molecule is Cc1ccc(C2(CCl)COC2)cc1. The number of hydrogen-bond donors (Lipinski definition) is 0. The van der Waals surface area contributed by atoms with Gasteiger partial charge in [-0.3, -0.25) is 0 Å². The summed E-state index contributed by atoms with van der Waals surface area (Å²) in [5, 5.41) is 0. The molecule has 0 atom stereocenters. The first-order chi connectivity index (χ1) is 6.27. The molecule has 1 aliphatic heterocycles. The van der Waals surface area contributed by atoms with Crippen LogP contribution in [0.25, 0.3) is 0 Å². The van der Waals surface area contributed by atoms with Gasteiger partial charge in [0.15, 0.2) is 0 Å². The van der Waals surface area contributed by atoms with Crippen molar-refractivity contribution in [2.24, 2.45) is 0 Å². The zero-order chi connectivity index (χ0) is 9.31. The van der Waals surface area contributed by atoms with E-state index in [-0.39, 0.29) is 5.41 Å². The third-order valence-electron chi connectivity index (χ3n) is 2.68. The van der Waals surface area contributed by atoms with Crippen LogP contribution in [0.2, 0.25) is 0 Å². The van der Waals surface area contributed by atoms with E-state index in [9.17, 15) is 0 Å². The summed E-state index contributed by atoms with van der Waals surface area (Å²) >= 11 is 5.95. The monoisotopic (exact) mass is 196 g/mol. The molecule has 0 radical (unpaired) electrons. The van der Waals surface area contributed by atoms with Gasteiger partial charge in [0.25, 0.3) is 0 Å². The van der Waals surface area contributed by atoms with E-state index in [1.807, 2.05) is 0 Å². The highest BCUT2D eigenvalue weighted by molar-refractivity contribution is 6.18. The topological polar surface area (TPSA) is 9.23 Å². The van der Waals surface area contributed by atoms with Crippen molar-refractivity contribution in [1.82, 2.24) is 0 Å². The largest absolute Gasteiger partial charge is 0.379 e. The van der Waals surface area contributed by atoms with Crippen LogP contribution in [0.1, 0.15) is 11.1 Å². The Kier molecular flexibility index (Phi) is 2.31. The summed E-state index contributed by atoms with van der Waals surface area (Å²) in [4.78, 5) is 0. The van der Waals surface area contributed by atoms with E-state index >= 15 is 0 Å². The van der Waals surface area contributed by atoms with Gasteiger partial charge in [0.1, 0.15) is 0 Å². The van der Waals surface area contributed by atoms with Crippen molar-refractivity contribution >= 4 is 11.6 Å². The van der Waals surface area contributed by atoms with Gasteiger partial charge in [-0.05, 0) is 12.5 Å².